The SMILES string of the molecule is COc1cc(CNC(=O)Cc2coc3cc(C)c(C(C)C)cc23)cc(OC)c1OC. The van der Waals surface area contributed by atoms with Crippen LogP contribution in [0.15, 0.2) is 34.9 Å². The highest BCUT2D eigenvalue weighted by Crippen LogP contribution is 2.38. The minimum atomic E-state index is -0.0851. The molecule has 0 aliphatic heterocycles. The van der Waals surface area contributed by atoms with Gasteiger partial charge in [-0.2, -0.15) is 0 Å². The molecule has 1 N–H and O–H groups in total. The molecule has 160 valence electrons. The first-order valence-electron chi connectivity index (χ1n) is 9.94. The molecule has 1 amide bonds. The first-order chi connectivity index (χ1) is 14.4. The molecule has 0 spiro atoms. The molecule has 1 heterocycles. The number of furan rings is 1. The molecular formula is C24H29NO5. The fourth-order valence-corrected chi connectivity index (χ4v) is 3.68. The first-order valence-corrected chi connectivity index (χ1v) is 9.94. The van der Waals surface area contributed by atoms with Crippen molar-refractivity contribution in [3.05, 3.63) is 52.8 Å². The van der Waals surface area contributed by atoms with Gasteiger partial charge in [-0.15, -0.1) is 0 Å². The molecule has 3 rings (SSSR count). The van der Waals surface area contributed by atoms with E-state index in [0.717, 1.165) is 22.1 Å². The lowest BCUT2D eigenvalue weighted by molar-refractivity contribution is -0.120. The highest BCUT2D eigenvalue weighted by atomic mass is 16.5. The van der Waals surface area contributed by atoms with Gasteiger partial charge < -0.3 is 23.9 Å². The number of carbonyl (C=O) groups is 1. The van der Waals surface area contributed by atoms with Crippen molar-refractivity contribution in [1.29, 1.82) is 0 Å². The fraction of sp³-hybridized carbons (Fsp3) is 0.375. The molecule has 0 radical (unpaired) electrons. The number of amides is 1. The highest BCUT2D eigenvalue weighted by molar-refractivity contribution is 5.88. The number of carbonyl (C=O) groups excluding carboxylic acids is 1. The lowest BCUT2D eigenvalue weighted by Gasteiger charge is -2.14. The maximum atomic E-state index is 12.6. The van der Waals surface area contributed by atoms with Crippen LogP contribution in [-0.2, 0) is 17.8 Å². The summed E-state index contributed by atoms with van der Waals surface area (Å²) >= 11 is 0. The van der Waals surface area contributed by atoms with Crippen LogP contribution >= 0.6 is 0 Å². The van der Waals surface area contributed by atoms with Crippen LogP contribution in [0, 0.1) is 6.92 Å². The van der Waals surface area contributed by atoms with Crippen LogP contribution in [0.4, 0.5) is 0 Å². The zero-order valence-corrected chi connectivity index (χ0v) is 18.4. The van der Waals surface area contributed by atoms with Crippen LogP contribution in [-0.4, -0.2) is 27.2 Å². The molecule has 0 saturated carbocycles. The number of benzene rings is 2. The summed E-state index contributed by atoms with van der Waals surface area (Å²) < 4.78 is 21.8. The summed E-state index contributed by atoms with van der Waals surface area (Å²) in [4.78, 5) is 12.6. The number of nitrogens with one attached hydrogen (secondary N) is 1. The summed E-state index contributed by atoms with van der Waals surface area (Å²) in [6, 6.07) is 7.84. The number of ether oxygens (including phenoxy) is 3. The van der Waals surface area contributed by atoms with Crippen LogP contribution in [0.1, 0.15) is 42.0 Å². The highest BCUT2D eigenvalue weighted by Gasteiger charge is 2.16. The maximum absolute atomic E-state index is 12.6. The molecule has 0 unspecified atom stereocenters. The first kappa shape index (κ1) is 21.6. The van der Waals surface area contributed by atoms with Crippen molar-refractivity contribution in [3.63, 3.8) is 0 Å². The van der Waals surface area contributed by atoms with Gasteiger partial charge in [0.15, 0.2) is 11.5 Å². The summed E-state index contributed by atoms with van der Waals surface area (Å²) in [7, 11) is 4.69. The van der Waals surface area contributed by atoms with E-state index in [0.29, 0.717) is 29.7 Å². The Bertz CT molecular complexity index is 1030. The summed E-state index contributed by atoms with van der Waals surface area (Å²) in [5, 5.41) is 3.95. The van der Waals surface area contributed by atoms with Crippen LogP contribution in [0.25, 0.3) is 11.0 Å². The molecule has 6 heteroatoms. The molecule has 1 aromatic heterocycles. The second-order valence-electron chi connectivity index (χ2n) is 7.61. The normalized spacial score (nSPS) is 11.0. The van der Waals surface area contributed by atoms with Crippen molar-refractivity contribution < 1.29 is 23.4 Å². The van der Waals surface area contributed by atoms with Gasteiger partial charge >= 0.3 is 0 Å². The van der Waals surface area contributed by atoms with E-state index in [9.17, 15) is 4.79 Å². The standard InChI is InChI=1S/C24H29NO5/c1-14(2)18-11-19-17(13-30-20(19)7-15(18)3)10-23(26)25-12-16-8-21(27-4)24(29-6)22(9-16)28-5/h7-9,11,13-14H,10,12H2,1-6H3,(H,25,26). The van der Waals surface area contributed by atoms with Gasteiger partial charge in [-0.25, -0.2) is 0 Å². The molecule has 0 aliphatic carbocycles. The van der Waals surface area contributed by atoms with Crippen LogP contribution in [0.3, 0.4) is 0 Å². The number of fused-ring (bicyclic) bond motifs is 1. The molecule has 0 saturated heterocycles. The van der Waals surface area contributed by atoms with E-state index >= 15 is 0 Å². The van der Waals surface area contributed by atoms with Gasteiger partial charge in [0, 0.05) is 17.5 Å². The molecule has 6 nitrogen and oxygen atoms in total. The van der Waals surface area contributed by atoms with E-state index in [4.69, 9.17) is 18.6 Å². The van der Waals surface area contributed by atoms with Crippen molar-refractivity contribution >= 4 is 16.9 Å². The van der Waals surface area contributed by atoms with Crippen molar-refractivity contribution in [2.24, 2.45) is 0 Å². The summed E-state index contributed by atoms with van der Waals surface area (Å²) in [6.07, 6.45) is 1.92. The van der Waals surface area contributed by atoms with E-state index in [1.165, 1.54) is 11.1 Å². The van der Waals surface area contributed by atoms with Gasteiger partial charge in [-0.1, -0.05) is 13.8 Å². The van der Waals surface area contributed by atoms with Gasteiger partial charge in [0.05, 0.1) is 34.0 Å². The van der Waals surface area contributed by atoms with Gasteiger partial charge in [0.25, 0.3) is 0 Å². The minimum Gasteiger partial charge on any atom is -0.493 e. The number of rotatable bonds is 8. The van der Waals surface area contributed by atoms with E-state index in [1.54, 1.807) is 27.6 Å². The molecule has 3 aromatic rings. The Morgan fingerprint density at radius 3 is 2.27 bits per heavy atom. The topological polar surface area (TPSA) is 69.9 Å². The van der Waals surface area contributed by atoms with Crippen molar-refractivity contribution in [1.82, 2.24) is 5.32 Å². The third kappa shape index (κ3) is 4.37. The predicted octanol–water partition coefficient (Wildman–Crippen LogP) is 4.75. The molecule has 0 fully saturated rings. The average Bonchev–Trinajstić information content (AvgIpc) is 3.11. The Balaban J connectivity index is 1.74. The third-order valence-corrected chi connectivity index (χ3v) is 5.23. The summed E-state index contributed by atoms with van der Waals surface area (Å²) in [6.45, 7) is 6.76. The Morgan fingerprint density at radius 1 is 1.03 bits per heavy atom. The summed E-state index contributed by atoms with van der Waals surface area (Å²) in [5.41, 5.74) is 5.01. The lowest BCUT2D eigenvalue weighted by Crippen LogP contribution is -2.24. The van der Waals surface area contributed by atoms with Gasteiger partial charge in [-0.05, 0) is 53.8 Å². The van der Waals surface area contributed by atoms with Gasteiger partial charge in [0.1, 0.15) is 5.58 Å². The van der Waals surface area contributed by atoms with Crippen molar-refractivity contribution in [2.75, 3.05) is 21.3 Å². The molecular weight excluding hydrogens is 382 g/mol. The van der Waals surface area contributed by atoms with Gasteiger partial charge in [0.2, 0.25) is 11.7 Å². The second kappa shape index (κ2) is 9.11. The zero-order valence-electron chi connectivity index (χ0n) is 18.4. The third-order valence-electron chi connectivity index (χ3n) is 5.23. The molecule has 0 atom stereocenters. The monoisotopic (exact) mass is 411 g/mol. The van der Waals surface area contributed by atoms with Crippen LogP contribution in [0.5, 0.6) is 17.2 Å². The predicted molar refractivity (Wildman–Crippen MR) is 117 cm³/mol. The van der Waals surface area contributed by atoms with E-state index in [2.05, 4.69) is 32.2 Å². The largest absolute Gasteiger partial charge is 0.493 e. The second-order valence-corrected chi connectivity index (χ2v) is 7.61. The molecule has 30 heavy (non-hydrogen) atoms. The zero-order chi connectivity index (χ0) is 21.8. The molecule has 0 bridgehead atoms. The van der Waals surface area contributed by atoms with E-state index in [-0.39, 0.29) is 12.3 Å². The van der Waals surface area contributed by atoms with Crippen LogP contribution in [0.2, 0.25) is 0 Å². The number of aryl methyl sites for hydroxylation is 1. The Labute approximate surface area is 177 Å². The quantitative estimate of drug-likeness (QED) is 0.579. The average molecular weight is 411 g/mol. The van der Waals surface area contributed by atoms with E-state index in [1.807, 2.05) is 18.2 Å². The Hall–Kier alpha value is -3.15. The maximum Gasteiger partial charge on any atom is 0.224 e. The minimum absolute atomic E-state index is 0.0851. The fourth-order valence-electron chi connectivity index (χ4n) is 3.68. The summed E-state index contributed by atoms with van der Waals surface area (Å²) in [5.74, 6) is 1.96. The van der Waals surface area contributed by atoms with Crippen LogP contribution < -0.4 is 19.5 Å². The van der Waals surface area contributed by atoms with Gasteiger partial charge in [-0.3, -0.25) is 4.79 Å². The smallest absolute Gasteiger partial charge is 0.224 e. The lowest BCUT2D eigenvalue weighted by atomic mass is 9.95. The van der Waals surface area contributed by atoms with Crippen molar-refractivity contribution in [3.8, 4) is 17.2 Å². The Kier molecular flexibility index (Phi) is 6.55. The molecule has 0 aliphatic rings. The number of hydrogen-bond acceptors (Lipinski definition) is 5. The molecule has 2 aromatic carbocycles. The number of hydrogen-bond donors (Lipinski definition) is 1. The number of methoxy groups -OCH3 is 3. The van der Waals surface area contributed by atoms with E-state index < -0.39 is 0 Å². The van der Waals surface area contributed by atoms with Crippen molar-refractivity contribution in [2.45, 2.75) is 39.7 Å². The Morgan fingerprint density at radius 2 is 1.70 bits per heavy atom.